The van der Waals surface area contributed by atoms with Crippen molar-refractivity contribution in [3.8, 4) is 0 Å². The molecule has 2 N–H and O–H groups in total. The highest BCUT2D eigenvalue weighted by atomic mass is 16.7. The molecule has 2 fully saturated rings. The summed E-state index contributed by atoms with van der Waals surface area (Å²) >= 11 is 0. The summed E-state index contributed by atoms with van der Waals surface area (Å²) in [5, 5.41) is 9.61. The lowest BCUT2D eigenvalue weighted by Crippen LogP contribution is -2.49. The molecule has 10 nitrogen and oxygen atoms in total. The Labute approximate surface area is 157 Å². The standard InChI is InChI=1S/C17H23N7O3/c25-14(18-6-9-23-10-7-21-16(23)26)13-11-17(27-22-13)3-1-8-24(12-17)15-19-4-2-5-20-15/h2,4-5H,1,3,6-12H2,(H,18,25)(H,21,26)/t17-/m1/s1. The molecule has 2 saturated heterocycles. The molecular weight excluding hydrogens is 350 g/mol. The molecule has 0 unspecified atom stereocenters. The van der Waals surface area contributed by atoms with Gasteiger partial charge in [0.05, 0.1) is 6.54 Å². The highest BCUT2D eigenvalue weighted by Gasteiger charge is 2.45. The highest BCUT2D eigenvalue weighted by Crippen LogP contribution is 2.34. The number of piperidine rings is 1. The lowest BCUT2D eigenvalue weighted by atomic mass is 9.88. The number of hydrogen-bond acceptors (Lipinski definition) is 7. The van der Waals surface area contributed by atoms with Gasteiger partial charge in [-0.1, -0.05) is 5.16 Å². The molecule has 3 amide bonds. The maximum atomic E-state index is 12.4. The van der Waals surface area contributed by atoms with E-state index < -0.39 is 5.60 Å². The number of nitrogens with one attached hydrogen (secondary N) is 2. The molecule has 4 rings (SSSR count). The van der Waals surface area contributed by atoms with Crippen LogP contribution in [0.5, 0.6) is 0 Å². The Kier molecular flexibility index (Phi) is 4.78. The van der Waals surface area contributed by atoms with Gasteiger partial charge in [0.15, 0.2) is 5.60 Å². The van der Waals surface area contributed by atoms with Crippen molar-refractivity contribution in [1.29, 1.82) is 0 Å². The fraction of sp³-hybridized carbons (Fsp3) is 0.588. The number of carbonyl (C=O) groups is 2. The average molecular weight is 373 g/mol. The van der Waals surface area contributed by atoms with Crippen LogP contribution in [-0.4, -0.2) is 77.4 Å². The van der Waals surface area contributed by atoms with Crippen molar-refractivity contribution in [3.05, 3.63) is 18.5 Å². The van der Waals surface area contributed by atoms with E-state index in [2.05, 4.69) is 30.7 Å². The maximum Gasteiger partial charge on any atom is 0.317 e. The Morgan fingerprint density at radius 1 is 1.33 bits per heavy atom. The molecule has 0 aliphatic carbocycles. The summed E-state index contributed by atoms with van der Waals surface area (Å²) in [6, 6.07) is 1.70. The number of rotatable bonds is 5. The lowest BCUT2D eigenvalue weighted by Gasteiger charge is -2.38. The van der Waals surface area contributed by atoms with Crippen molar-refractivity contribution < 1.29 is 14.4 Å². The predicted molar refractivity (Wildman–Crippen MR) is 97.3 cm³/mol. The zero-order valence-electron chi connectivity index (χ0n) is 15.1. The van der Waals surface area contributed by atoms with E-state index in [-0.39, 0.29) is 11.9 Å². The van der Waals surface area contributed by atoms with Crippen LogP contribution in [0.25, 0.3) is 0 Å². The van der Waals surface area contributed by atoms with Crippen LogP contribution >= 0.6 is 0 Å². The summed E-state index contributed by atoms with van der Waals surface area (Å²) in [5.74, 6) is 0.432. The van der Waals surface area contributed by atoms with Gasteiger partial charge in [0, 0.05) is 51.5 Å². The first-order valence-electron chi connectivity index (χ1n) is 9.23. The second-order valence-electron chi connectivity index (χ2n) is 7.04. The molecule has 0 bridgehead atoms. The first kappa shape index (κ1) is 17.5. The van der Waals surface area contributed by atoms with Crippen LogP contribution in [0, 0.1) is 0 Å². The minimum absolute atomic E-state index is 0.0878. The molecule has 0 radical (unpaired) electrons. The number of aromatic nitrogens is 2. The van der Waals surface area contributed by atoms with Gasteiger partial charge in [-0.2, -0.15) is 0 Å². The minimum Gasteiger partial charge on any atom is -0.386 e. The van der Waals surface area contributed by atoms with Gasteiger partial charge in [-0.25, -0.2) is 14.8 Å². The van der Waals surface area contributed by atoms with Crippen molar-refractivity contribution in [2.45, 2.75) is 24.9 Å². The van der Waals surface area contributed by atoms with E-state index in [0.29, 0.717) is 50.8 Å². The Hall–Kier alpha value is -2.91. The summed E-state index contributed by atoms with van der Waals surface area (Å²) < 4.78 is 0. The summed E-state index contributed by atoms with van der Waals surface area (Å²) in [6.07, 6.45) is 5.66. The van der Waals surface area contributed by atoms with Crippen molar-refractivity contribution in [2.75, 3.05) is 44.2 Å². The maximum absolute atomic E-state index is 12.4. The molecule has 1 aromatic rings. The van der Waals surface area contributed by atoms with Gasteiger partial charge in [-0.05, 0) is 18.9 Å². The van der Waals surface area contributed by atoms with E-state index in [4.69, 9.17) is 4.84 Å². The smallest absolute Gasteiger partial charge is 0.317 e. The SMILES string of the molecule is O=C(NCCN1CCNC1=O)C1=NO[C@]2(CCCN(c3ncccn3)C2)C1. The number of amides is 3. The van der Waals surface area contributed by atoms with Crippen LogP contribution < -0.4 is 15.5 Å². The zero-order chi connectivity index (χ0) is 18.7. The predicted octanol–water partition coefficient (Wildman–Crippen LogP) is -0.267. The Bertz CT molecular complexity index is 741. The average Bonchev–Trinajstić information content (AvgIpc) is 3.29. The zero-order valence-corrected chi connectivity index (χ0v) is 15.1. The monoisotopic (exact) mass is 373 g/mol. The second-order valence-corrected chi connectivity index (χ2v) is 7.04. The molecule has 3 aliphatic rings. The van der Waals surface area contributed by atoms with Gasteiger partial charge in [-0.3, -0.25) is 4.79 Å². The largest absolute Gasteiger partial charge is 0.386 e. The third kappa shape index (κ3) is 3.79. The lowest BCUT2D eigenvalue weighted by molar-refractivity contribution is -0.114. The van der Waals surface area contributed by atoms with Crippen LogP contribution in [-0.2, 0) is 9.63 Å². The summed E-state index contributed by atoms with van der Waals surface area (Å²) in [5.41, 5.74) is -0.101. The van der Waals surface area contributed by atoms with Gasteiger partial charge in [0.1, 0.15) is 5.71 Å². The van der Waals surface area contributed by atoms with Gasteiger partial charge in [-0.15, -0.1) is 0 Å². The molecule has 27 heavy (non-hydrogen) atoms. The molecular formula is C17H23N7O3. The molecule has 10 heteroatoms. The van der Waals surface area contributed by atoms with Gasteiger partial charge >= 0.3 is 6.03 Å². The number of anilines is 1. The first-order chi connectivity index (χ1) is 13.2. The third-order valence-corrected chi connectivity index (χ3v) is 5.09. The third-order valence-electron chi connectivity index (χ3n) is 5.09. The van der Waals surface area contributed by atoms with Crippen LogP contribution in [0.4, 0.5) is 10.7 Å². The summed E-state index contributed by atoms with van der Waals surface area (Å²) in [7, 11) is 0. The minimum atomic E-state index is -0.501. The van der Waals surface area contributed by atoms with E-state index >= 15 is 0 Å². The van der Waals surface area contributed by atoms with Crippen LogP contribution in [0.2, 0.25) is 0 Å². The molecule has 0 saturated carbocycles. The fourth-order valence-electron chi connectivity index (χ4n) is 3.72. The van der Waals surface area contributed by atoms with Gasteiger partial charge in [0.2, 0.25) is 5.95 Å². The number of oxime groups is 1. The van der Waals surface area contributed by atoms with E-state index in [1.165, 1.54) is 0 Å². The molecule has 1 aromatic heterocycles. The Morgan fingerprint density at radius 3 is 2.96 bits per heavy atom. The molecule has 0 aromatic carbocycles. The Balaban J connectivity index is 1.29. The number of hydrogen-bond donors (Lipinski definition) is 2. The fourth-order valence-corrected chi connectivity index (χ4v) is 3.72. The van der Waals surface area contributed by atoms with Crippen LogP contribution in [0.15, 0.2) is 23.6 Å². The quantitative estimate of drug-likeness (QED) is 0.735. The van der Waals surface area contributed by atoms with E-state index in [1.807, 2.05) is 0 Å². The molecule has 4 heterocycles. The molecule has 1 atom stereocenters. The Morgan fingerprint density at radius 2 is 2.19 bits per heavy atom. The summed E-state index contributed by atoms with van der Waals surface area (Å²) in [6.45, 7) is 3.65. The van der Waals surface area contributed by atoms with Crippen LogP contribution in [0.3, 0.4) is 0 Å². The van der Waals surface area contributed by atoms with Gasteiger partial charge in [0.25, 0.3) is 5.91 Å². The van der Waals surface area contributed by atoms with Crippen molar-refractivity contribution >= 4 is 23.6 Å². The van der Waals surface area contributed by atoms with Gasteiger partial charge < -0.3 is 25.3 Å². The van der Waals surface area contributed by atoms with E-state index in [0.717, 1.165) is 19.4 Å². The van der Waals surface area contributed by atoms with E-state index in [1.54, 1.807) is 23.4 Å². The topological polar surface area (TPSA) is 112 Å². The van der Waals surface area contributed by atoms with Crippen molar-refractivity contribution in [1.82, 2.24) is 25.5 Å². The normalized spacial score (nSPS) is 24.6. The number of carbonyl (C=O) groups excluding carboxylic acids is 2. The van der Waals surface area contributed by atoms with Crippen molar-refractivity contribution in [3.63, 3.8) is 0 Å². The molecule has 1 spiro atoms. The number of urea groups is 1. The molecule has 3 aliphatic heterocycles. The first-order valence-corrected chi connectivity index (χ1v) is 9.23. The number of nitrogens with zero attached hydrogens (tertiary/aromatic N) is 5. The second kappa shape index (κ2) is 7.37. The van der Waals surface area contributed by atoms with E-state index in [9.17, 15) is 9.59 Å². The summed E-state index contributed by atoms with van der Waals surface area (Å²) in [4.78, 5) is 42.0. The highest BCUT2D eigenvalue weighted by molar-refractivity contribution is 6.39. The molecule has 144 valence electrons. The van der Waals surface area contributed by atoms with Crippen molar-refractivity contribution in [2.24, 2.45) is 5.16 Å². The van der Waals surface area contributed by atoms with Crippen LogP contribution in [0.1, 0.15) is 19.3 Å².